The minimum Gasteiger partial charge on any atom is -0.339 e. The molecule has 0 aliphatic carbocycles. The molecule has 0 radical (unpaired) electrons. The van der Waals surface area contributed by atoms with E-state index in [2.05, 4.69) is 33.2 Å². The second kappa shape index (κ2) is 8.18. The van der Waals surface area contributed by atoms with E-state index in [0.29, 0.717) is 13.1 Å². The number of carbonyl (C=O) groups is 1. The van der Waals surface area contributed by atoms with Crippen molar-refractivity contribution in [1.29, 1.82) is 0 Å². The molecule has 5 rings (SSSR count). The quantitative estimate of drug-likeness (QED) is 0.502. The van der Waals surface area contributed by atoms with E-state index in [-0.39, 0.29) is 17.4 Å². The molecule has 4 aromatic heterocycles. The largest absolute Gasteiger partial charge is 0.339 e. The summed E-state index contributed by atoms with van der Waals surface area (Å²) in [5, 5.41) is 0.990. The minimum absolute atomic E-state index is 0.178. The number of halogens is 1. The lowest BCUT2D eigenvalue weighted by atomic mass is 9.92. The smallest absolute Gasteiger partial charge is 0.255 e. The molecule has 0 aromatic carbocycles. The van der Waals surface area contributed by atoms with E-state index in [1.54, 1.807) is 17.3 Å². The van der Waals surface area contributed by atoms with E-state index in [9.17, 15) is 9.18 Å². The molecule has 0 atom stereocenters. The van der Waals surface area contributed by atoms with E-state index >= 15 is 0 Å². The molecule has 0 saturated carbocycles. The van der Waals surface area contributed by atoms with Crippen LogP contribution in [0.1, 0.15) is 34.8 Å². The van der Waals surface area contributed by atoms with E-state index in [1.807, 2.05) is 18.3 Å². The molecule has 5 heterocycles. The van der Waals surface area contributed by atoms with Gasteiger partial charge in [0.05, 0.1) is 11.8 Å². The van der Waals surface area contributed by atoms with Crippen molar-refractivity contribution < 1.29 is 9.18 Å². The van der Waals surface area contributed by atoms with Crippen LogP contribution in [0, 0.1) is 5.82 Å². The lowest BCUT2D eigenvalue weighted by Crippen LogP contribution is -2.38. The maximum Gasteiger partial charge on any atom is 0.255 e. The second-order valence-corrected chi connectivity index (χ2v) is 7.70. The van der Waals surface area contributed by atoms with Crippen molar-refractivity contribution in [2.45, 2.75) is 18.8 Å². The molecule has 6 nitrogen and oxygen atoms in total. The molecule has 154 valence electrons. The van der Waals surface area contributed by atoms with Gasteiger partial charge in [0.25, 0.3) is 5.91 Å². The zero-order valence-electron chi connectivity index (χ0n) is 16.8. The molecule has 31 heavy (non-hydrogen) atoms. The predicted octanol–water partition coefficient (Wildman–Crippen LogP) is 4.25. The summed E-state index contributed by atoms with van der Waals surface area (Å²) < 4.78 is 13.4. The second-order valence-electron chi connectivity index (χ2n) is 7.70. The van der Waals surface area contributed by atoms with Gasteiger partial charge in [0.2, 0.25) is 0 Å². The van der Waals surface area contributed by atoms with Crippen LogP contribution in [-0.4, -0.2) is 43.8 Å². The van der Waals surface area contributed by atoms with Gasteiger partial charge >= 0.3 is 0 Å². The van der Waals surface area contributed by atoms with Gasteiger partial charge in [-0.05, 0) is 54.8 Å². The number of nitrogens with zero attached hydrogens (tertiary/aromatic N) is 5. The summed E-state index contributed by atoms with van der Waals surface area (Å²) in [6.45, 7) is 1.21. The molecule has 1 aliphatic rings. The van der Waals surface area contributed by atoms with Crippen molar-refractivity contribution >= 4 is 16.9 Å². The first kappa shape index (κ1) is 19.2. The lowest BCUT2D eigenvalue weighted by molar-refractivity contribution is 0.0711. The maximum absolute atomic E-state index is 13.4. The van der Waals surface area contributed by atoms with Crippen LogP contribution < -0.4 is 0 Å². The fraction of sp³-hybridized carbons (Fsp3) is 0.208. The fourth-order valence-corrected chi connectivity index (χ4v) is 4.04. The monoisotopic (exact) mass is 413 g/mol. The molecule has 4 aromatic rings. The number of amides is 1. The molecule has 1 amide bonds. The van der Waals surface area contributed by atoms with Gasteiger partial charge in [0.15, 0.2) is 5.65 Å². The van der Waals surface area contributed by atoms with Crippen LogP contribution in [0.3, 0.4) is 0 Å². The van der Waals surface area contributed by atoms with Crippen LogP contribution in [0.5, 0.6) is 0 Å². The summed E-state index contributed by atoms with van der Waals surface area (Å²) in [5.74, 6) is -0.413. The number of carbonyl (C=O) groups excluding carboxylic acids is 1. The van der Waals surface area contributed by atoms with Gasteiger partial charge in [-0.3, -0.25) is 14.8 Å². The summed E-state index contributed by atoms with van der Waals surface area (Å²) in [4.78, 5) is 31.5. The molecular weight excluding hydrogens is 393 g/mol. The average molecular weight is 413 g/mol. The maximum atomic E-state index is 13.4. The highest BCUT2D eigenvalue weighted by Gasteiger charge is 2.26. The van der Waals surface area contributed by atoms with Gasteiger partial charge in [-0.1, -0.05) is 0 Å². The Hall–Kier alpha value is -3.74. The van der Waals surface area contributed by atoms with Crippen LogP contribution in [0.25, 0.3) is 22.2 Å². The van der Waals surface area contributed by atoms with Crippen molar-refractivity contribution in [3.8, 4) is 11.1 Å². The SMILES string of the molecule is O=C(c1cncc(F)c1)N1CCC(c2ccc3cc(-c4ccncc4)cnc3n2)CC1. The van der Waals surface area contributed by atoms with E-state index < -0.39 is 5.82 Å². The van der Waals surface area contributed by atoms with E-state index in [1.165, 1.54) is 12.3 Å². The van der Waals surface area contributed by atoms with Crippen LogP contribution in [0.4, 0.5) is 4.39 Å². The zero-order valence-corrected chi connectivity index (χ0v) is 16.8. The first-order valence-electron chi connectivity index (χ1n) is 10.2. The Morgan fingerprint density at radius 1 is 0.935 bits per heavy atom. The summed E-state index contributed by atoms with van der Waals surface area (Å²) in [6.07, 6.45) is 9.50. The average Bonchev–Trinajstić information content (AvgIpc) is 2.83. The van der Waals surface area contributed by atoms with Gasteiger partial charge in [-0.2, -0.15) is 0 Å². The fourth-order valence-electron chi connectivity index (χ4n) is 4.04. The Bertz CT molecular complexity index is 1240. The van der Waals surface area contributed by atoms with Crippen molar-refractivity contribution in [3.63, 3.8) is 0 Å². The summed E-state index contributed by atoms with van der Waals surface area (Å²) in [7, 11) is 0. The van der Waals surface area contributed by atoms with E-state index in [0.717, 1.165) is 46.9 Å². The number of hydrogen-bond donors (Lipinski definition) is 0. The number of fused-ring (bicyclic) bond motifs is 1. The molecule has 0 unspecified atom stereocenters. The van der Waals surface area contributed by atoms with Gasteiger partial charge in [0, 0.05) is 60.4 Å². The molecule has 1 aliphatic heterocycles. The Labute approximate surface area is 178 Å². The molecule has 1 saturated heterocycles. The first-order valence-corrected chi connectivity index (χ1v) is 10.2. The Morgan fingerprint density at radius 3 is 2.52 bits per heavy atom. The lowest BCUT2D eigenvalue weighted by Gasteiger charge is -2.31. The Balaban J connectivity index is 1.30. The highest BCUT2D eigenvalue weighted by molar-refractivity contribution is 5.94. The van der Waals surface area contributed by atoms with Crippen molar-refractivity contribution in [1.82, 2.24) is 24.8 Å². The molecule has 7 heteroatoms. The summed E-state index contributed by atoms with van der Waals surface area (Å²) >= 11 is 0. The standard InChI is InChI=1S/C24H20FN5O/c25-21-12-20(13-27-15-21)24(31)30-9-5-17(6-10-30)22-2-1-18-11-19(14-28-23(18)29-22)16-3-7-26-8-4-16/h1-4,7-8,11-15,17H,5-6,9-10H2. The number of rotatable bonds is 3. The van der Waals surface area contributed by atoms with Crippen molar-refractivity contribution in [2.75, 3.05) is 13.1 Å². The molecule has 0 spiro atoms. The minimum atomic E-state index is -0.499. The number of pyridine rings is 4. The van der Waals surface area contributed by atoms with Crippen LogP contribution in [0.2, 0.25) is 0 Å². The topological polar surface area (TPSA) is 71.9 Å². The summed E-state index contributed by atoms with van der Waals surface area (Å²) in [6, 6.07) is 11.4. The Kier molecular flexibility index (Phi) is 5.08. The number of piperidine rings is 1. The number of likely N-dealkylation sites (tertiary alicyclic amines) is 1. The molecule has 0 N–H and O–H groups in total. The zero-order chi connectivity index (χ0) is 21.2. The normalized spacial score (nSPS) is 14.7. The molecule has 0 bridgehead atoms. The van der Waals surface area contributed by atoms with Crippen LogP contribution in [0.15, 0.2) is 67.4 Å². The van der Waals surface area contributed by atoms with Crippen molar-refractivity contribution in [3.05, 3.63) is 84.5 Å². The highest BCUT2D eigenvalue weighted by atomic mass is 19.1. The molecule has 1 fully saturated rings. The van der Waals surface area contributed by atoms with Crippen molar-refractivity contribution in [2.24, 2.45) is 0 Å². The highest BCUT2D eigenvalue weighted by Crippen LogP contribution is 2.29. The van der Waals surface area contributed by atoms with Gasteiger partial charge in [-0.15, -0.1) is 0 Å². The van der Waals surface area contributed by atoms with Crippen LogP contribution in [-0.2, 0) is 0 Å². The van der Waals surface area contributed by atoms with Gasteiger partial charge < -0.3 is 4.90 Å². The predicted molar refractivity (Wildman–Crippen MR) is 115 cm³/mol. The number of aromatic nitrogens is 4. The third-order valence-corrected chi connectivity index (χ3v) is 5.73. The van der Waals surface area contributed by atoms with E-state index in [4.69, 9.17) is 4.98 Å². The third-order valence-electron chi connectivity index (χ3n) is 5.73. The number of hydrogen-bond acceptors (Lipinski definition) is 5. The van der Waals surface area contributed by atoms with Crippen LogP contribution >= 0.6 is 0 Å². The Morgan fingerprint density at radius 2 is 1.74 bits per heavy atom. The van der Waals surface area contributed by atoms with Gasteiger partial charge in [-0.25, -0.2) is 14.4 Å². The third kappa shape index (κ3) is 3.99. The molecular formula is C24H20FN5O. The summed E-state index contributed by atoms with van der Waals surface area (Å²) in [5.41, 5.74) is 4.11. The first-order chi connectivity index (χ1) is 15.2. The van der Waals surface area contributed by atoms with Gasteiger partial charge in [0.1, 0.15) is 5.82 Å².